The van der Waals surface area contributed by atoms with Crippen molar-refractivity contribution in [2.24, 2.45) is 0 Å². The predicted octanol–water partition coefficient (Wildman–Crippen LogP) is 2.34. The minimum absolute atomic E-state index is 0.211. The van der Waals surface area contributed by atoms with Crippen molar-refractivity contribution in [1.29, 1.82) is 0 Å². The van der Waals surface area contributed by atoms with E-state index >= 15 is 0 Å². The molecule has 2 rings (SSSR count). The second-order valence-electron chi connectivity index (χ2n) is 5.68. The molecule has 0 bridgehead atoms. The Morgan fingerprint density at radius 2 is 1.41 bits per heavy atom. The van der Waals surface area contributed by atoms with Crippen LogP contribution >= 0.6 is 0 Å². The molecule has 0 fully saturated rings. The molecule has 0 saturated heterocycles. The number of hydrogen-bond acceptors (Lipinski definition) is 6. The lowest BCUT2D eigenvalue weighted by molar-refractivity contribution is -0.159. The summed E-state index contributed by atoms with van der Waals surface area (Å²) in [5.74, 6) is -1.80. The Morgan fingerprint density at radius 1 is 0.897 bits per heavy atom. The van der Waals surface area contributed by atoms with E-state index in [-0.39, 0.29) is 5.82 Å². The number of halogens is 1. The highest BCUT2D eigenvalue weighted by molar-refractivity contribution is 6.27. The molecule has 29 heavy (non-hydrogen) atoms. The van der Waals surface area contributed by atoms with Crippen LogP contribution in [0.1, 0.15) is 11.1 Å². The maximum Gasteiger partial charge on any atom is 0.414 e. The fraction of sp³-hybridized carbons (Fsp3) is 0.300. The maximum absolute atomic E-state index is 12.9. The van der Waals surface area contributed by atoms with Crippen LogP contribution in [-0.2, 0) is 22.6 Å². The number of methoxy groups -OCH3 is 3. The van der Waals surface area contributed by atoms with Crippen molar-refractivity contribution in [3.63, 3.8) is 0 Å². The van der Waals surface area contributed by atoms with Gasteiger partial charge in [-0.3, -0.25) is 0 Å². The quantitative estimate of drug-likeness (QED) is 0.450. The molecule has 158 valence electrons. The molecule has 3 N–H and O–H groups in total. The zero-order valence-corrected chi connectivity index (χ0v) is 16.4. The Morgan fingerprint density at radius 3 is 1.90 bits per heavy atom. The van der Waals surface area contributed by atoms with Gasteiger partial charge in [0.05, 0.1) is 21.3 Å². The third kappa shape index (κ3) is 8.06. The molecule has 0 aromatic heterocycles. The first kappa shape index (κ1) is 23.7. The highest BCUT2D eigenvalue weighted by Gasteiger charge is 2.11. The summed E-state index contributed by atoms with van der Waals surface area (Å²) in [7, 11) is 4.83. The molecule has 9 heteroatoms. The fourth-order valence-corrected chi connectivity index (χ4v) is 2.34. The molecule has 0 radical (unpaired) electrons. The van der Waals surface area contributed by atoms with E-state index in [1.807, 2.05) is 12.1 Å². The van der Waals surface area contributed by atoms with Gasteiger partial charge in [-0.25, -0.2) is 14.0 Å². The van der Waals surface area contributed by atoms with E-state index < -0.39 is 11.9 Å². The zero-order valence-electron chi connectivity index (χ0n) is 16.4. The summed E-state index contributed by atoms with van der Waals surface area (Å²) in [6.07, 6.45) is 0.829. The number of carboxylic acid groups (broad SMARTS) is 2. The molecular formula is C20H24FNO7. The monoisotopic (exact) mass is 409 g/mol. The molecule has 0 aliphatic carbocycles. The largest absolute Gasteiger partial charge is 0.496 e. The first-order chi connectivity index (χ1) is 13.8. The average molecular weight is 409 g/mol. The number of aliphatic carboxylic acids is 2. The molecule has 0 saturated carbocycles. The van der Waals surface area contributed by atoms with Gasteiger partial charge in [0.1, 0.15) is 11.6 Å². The van der Waals surface area contributed by atoms with Gasteiger partial charge in [-0.05, 0) is 36.7 Å². The lowest BCUT2D eigenvalue weighted by Crippen LogP contribution is -2.17. The average Bonchev–Trinajstić information content (AvgIpc) is 2.72. The van der Waals surface area contributed by atoms with E-state index in [9.17, 15) is 4.39 Å². The van der Waals surface area contributed by atoms with Crippen LogP contribution in [0.2, 0.25) is 0 Å². The molecule has 0 aliphatic rings. The molecule has 0 atom stereocenters. The molecule has 2 aromatic rings. The molecule has 0 aliphatic heterocycles. The lowest BCUT2D eigenvalue weighted by Gasteiger charge is -2.14. The van der Waals surface area contributed by atoms with Crippen LogP contribution in [0.5, 0.6) is 17.2 Å². The molecule has 2 aromatic carbocycles. The summed E-state index contributed by atoms with van der Waals surface area (Å²) in [6.45, 7) is 1.42. The van der Waals surface area contributed by atoms with Crippen molar-refractivity contribution in [2.75, 3.05) is 27.9 Å². The maximum atomic E-state index is 12.9. The van der Waals surface area contributed by atoms with Crippen LogP contribution in [0.15, 0.2) is 36.4 Å². The normalized spacial score (nSPS) is 9.79. The first-order valence-corrected chi connectivity index (χ1v) is 8.52. The van der Waals surface area contributed by atoms with Gasteiger partial charge >= 0.3 is 11.9 Å². The third-order valence-corrected chi connectivity index (χ3v) is 3.79. The Kier molecular flexibility index (Phi) is 9.97. The van der Waals surface area contributed by atoms with Crippen molar-refractivity contribution < 1.29 is 38.4 Å². The third-order valence-electron chi connectivity index (χ3n) is 3.79. The van der Waals surface area contributed by atoms with Gasteiger partial charge < -0.3 is 29.7 Å². The first-order valence-electron chi connectivity index (χ1n) is 8.52. The van der Waals surface area contributed by atoms with E-state index in [0.717, 1.165) is 29.8 Å². The Balaban J connectivity index is 0.000000612. The lowest BCUT2D eigenvalue weighted by atomic mass is 10.1. The minimum Gasteiger partial charge on any atom is -0.496 e. The highest BCUT2D eigenvalue weighted by Crippen LogP contribution is 2.34. The second kappa shape index (κ2) is 12.2. The SMILES string of the molecule is COc1cc(OC)c(OC)cc1CNCCc1ccc(F)cc1.O=C(O)C(=O)O. The number of benzene rings is 2. The minimum atomic E-state index is -1.82. The van der Waals surface area contributed by atoms with Crippen LogP contribution in [0, 0.1) is 5.82 Å². The topological polar surface area (TPSA) is 114 Å². The van der Waals surface area contributed by atoms with Gasteiger partial charge in [0.2, 0.25) is 0 Å². The number of nitrogens with one attached hydrogen (secondary N) is 1. The second-order valence-corrected chi connectivity index (χ2v) is 5.68. The number of carbonyl (C=O) groups is 2. The van der Waals surface area contributed by atoms with Gasteiger partial charge in [0.15, 0.2) is 11.5 Å². The van der Waals surface area contributed by atoms with Crippen LogP contribution in [0.4, 0.5) is 4.39 Å². The predicted molar refractivity (Wildman–Crippen MR) is 103 cm³/mol. The summed E-state index contributed by atoms with van der Waals surface area (Å²) < 4.78 is 28.9. The van der Waals surface area contributed by atoms with Crippen molar-refractivity contribution in [3.8, 4) is 17.2 Å². The molecular weight excluding hydrogens is 385 g/mol. The van der Waals surface area contributed by atoms with Crippen LogP contribution in [0.25, 0.3) is 0 Å². The van der Waals surface area contributed by atoms with E-state index in [0.29, 0.717) is 18.0 Å². The molecule has 0 unspecified atom stereocenters. The summed E-state index contributed by atoms with van der Waals surface area (Å²) in [6, 6.07) is 10.3. The van der Waals surface area contributed by atoms with Crippen molar-refractivity contribution in [3.05, 3.63) is 53.3 Å². The number of hydrogen-bond donors (Lipinski definition) is 3. The number of carboxylic acids is 2. The summed E-state index contributed by atoms with van der Waals surface area (Å²) >= 11 is 0. The van der Waals surface area contributed by atoms with E-state index in [2.05, 4.69) is 5.32 Å². The van der Waals surface area contributed by atoms with E-state index in [1.165, 1.54) is 12.1 Å². The van der Waals surface area contributed by atoms with Crippen LogP contribution in [-0.4, -0.2) is 50.0 Å². The molecule has 0 spiro atoms. The summed E-state index contributed by atoms with van der Waals surface area (Å²) in [4.78, 5) is 18.2. The van der Waals surface area contributed by atoms with Gasteiger partial charge in [-0.2, -0.15) is 0 Å². The standard InChI is InChI=1S/C18H22FNO3.C2H2O4/c1-21-16-11-18(23-3)17(22-2)10-14(16)12-20-9-8-13-4-6-15(19)7-5-13;3-1(4)2(5)6/h4-7,10-11,20H,8-9,12H2,1-3H3;(H,3,4)(H,5,6). The fourth-order valence-electron chi connectivity index (χ4n) is 2.34. The van der Waals surface area contributed by atoms with Gasteiger partial charge in [0.25, 0.3) is 0 Å². The zero-order chi connectivity index (χ0) is 21.8. The van der Waals surface area contributed by atoms with Crippen LogP contribution in [0.3, 0.4) is 0 Å². The van der Waals surface area contributed by atoms with Crippen molar-refractivity contribution in [2.45, 2.75) is 13.0 Å². The van der Waals surface area contributed by atoms with Crippen molar-refractivity contribution in [1.82, 2.24) is 5.32 Å². The van der Waals surface area contributed by atoms with E-state index in [4.69, 9.17) is 34.0 Å². The van der Waals surface area contributed by atoms with Gasteiger partial charge in [-0.1, -0.05) is 12.1 Å². The molecule has 0 heterocycles. The Bertz CT molecular complexity index is 797. The van der Waals surface area contributed by atoms with E-state index in [1.54, 1.807) is 33.5 Å². The molecule has 0 amide bonds. The van der Waals surface area contributed by atoms with Gasteiger partial charge in [-0.15, -0.1) is 0 Å². The Labute approximate surface area is 167 Å². The van der Waals surface area contributed by atoms with Gasteiger partial charge in [0, 0.05) is 18.2 Å². The molecule has 8 nitrogen and oxygen atoms in total. The number of ether oxygens (including phenoxy) is 3. The Hall–Kier alpha value is -3.33. The summed E-state index contributed by atoms with van der Waals surface area (Å²) in [5.41, 5.74) is 2.09. The summed E-state index contributed by atoms with van der Waals surface area (Å²) in [5, 5.41) is 18.1. The van der Waals surface area contributed by atoms with Crippen LogP contribution < -0.4 is 19.5 Å². The number of rotatable bonds is 8. The van der Waals surface area contributed by atoms with Crippen molar-refractivity contribution >= 4 is 11.9 Å². The smallest absolute Gasteiger partial charge is 0.414 e. The highest BCUT2D eigenvalue weighted by atomic mass is 19.1.